The summed E-state index contributed by atoms with van der Waals surface area (Å²) in [5.41, 5.74) is 0. The maximum absolute atomic E-state index is 11.5. The van der Waals surface area contributed by atoms with Crippen molar-refractivity contribution >= 4 is 11.9 Å². The second kappa shape index (κ2) is 9.72. The predicted octanol–water partition coefficient (Wildman–Crippen LogP) is 1.21. The van der Waals surface area contributed by atoms with Gasteiger partial charge in [0.2, 0.25) is 0 Å². The van der Waals surface area contributed by atoms with Crippen molar-refractivity contribution in [3.05, 3.63) is 0 Å². The van der Waals surface area contributed by atoms with Crippen LogP contribution in [0.4, 0.5) is 0 Å². The molecule has 0 rings (SSSR count). The van der Waals surface area contributed by atoms with Crippen LogP contribution in [0.3, 0.4) is 0 Å². The molecule has 2 atom stereocenters. The van der Waals surface area contributed by atoms with Crippen LogP contribution in [0.2, 0.25) is 0 Å². The molecule has 0 aromatic heterocycles. The summed E-state index contributed by atoms with van der Waals surface area (Å²) < 4.78 is 0. The minimum absolute atomic E-state index is 0.000603. The van der Waals surface area contributed by atoms with E-state index in [1.165, 1.54) is 0 Å². The molecule has 0 aromatic rings. The Labute approximate surface area is 121 Å². The minimum Gasteiger partial charge on any atom is -0.481 e. The molecular formula is C14H28N2O4. The number of aliphatic carboxylic acids is 2. The fraction of sp³-hybridized carbons (Fsp3) is 0.857. The van der Waals surface area contributed by atoms with Gasteiger partial charge in [-0.05, 0) is 33.0 Å². The Hall–Kier alpha value is -1.14. The summed E-state index contributed by atoms with van der Waals surface area (Å²) in [4.78, 5) is 26.1. The highest BCUT2D eigenvalue weighted by molar-refractivity contribution is 5.74. The highest BCUT2D eigenvalue weighted by Gasteiger charge is 2.30. The summed E-state index contributed by atoms with van der Waals surface area (Å²) in [5.74, 6) is -1.76. The van der Waals surface area contributed by atoms with E-state index in [4.69, 9.17) is 5.11 Å². The Bertz CT molecular complexity index is 308. The monoisotopic (exact) mass is 288 g/mol. The minimum atomic E-state index is -0.893. The highest BCUT2D eigenvalue weighted by atomic mass is 16.4. The van der Waals surface area contributed by atoms with Crippen LogP contribution in [0.1, 0.15) is 33.1 Å². The summed E-state index contributed by atoms with van der Waals surface area (Å²) in [7, 11) is 3.93. The molecule has 0 amide bonds. The first-order valence-electron chi connectivity index (χ1n) is 7.13. The molecule has 6 nitrogen and oxygen atoms in total. The van der Waals surface area contributed by atoms with E-state index in [2.05, 4.69) is 0 Å². The van der Waals surface area contributed by atoms with Crippen LogP contribution in [0.25, 0.3) is 0 Å². The van der Waals surface area contributed by atoms with Gasteiger partial charge < -0.3 is 15.1 Å². The third-order valence-corrected chi connectivity index (χ3v) is 3.49. The Kier molecular flexibility index (Phi) is 9.16. The third kappa shape index (κ3) is 7.45. The fourth-order valence-corrected chi connectivity index (χ4v) is 2.20. The van der Waals surface area contributed by atoms with Gasteiger partial charge in [0, 0.05) is 13.1 Å². The second-order valence-corrected chi connectivity index (χ2v) is 5.51. The average molecular weight is 288 g/mol. The molecule has 0 fully saturated rings. The normalized spacial score (nSPS) is 14.5. The molecule has 0 aliphatic heterocycles. The van der Waals surface area contributed by atoms with Crippen molar-refractivity contribution in [2.75, 3.05) is 33.7 Å². The lowest BCUT2D eigenvalue weighted by atomic mass is 9.97. The molecule has 118 valence electrons. The number of nitrogens with zero attached hydrogens (tertiary/aromatic N) is 2. The smallest absolute Gasteiger partial charge is 0.321 e. The van der Waals surface area contributed by atoms with E-state index in [9.17, 15) is 14.7 Å². The Morgan fingerprint density at radius 2 is 1.70 bits per heavy atom. The van der Waals surface area contributed by atoms with Gasteiger partial charge in [0.25, 0.3) is 0 Å². The number of rotatable bonds is 11. The number of carboxylic acids is 2. The molecule has 2 N–H and O–H groups in total. The number of carbonyl (C=O) groups is 2. The van der Waals surface area contributed by atoms with Crippen molar-refractivity contribution in [2.24, 2.45) is 5.92 Å². The fourth-order valence-electron chi connectivity index (χ4n) is 2.20. The lowest BCUT2D eigenvalue weighted by Gasteiger charge is -2.32. The highest BCUT2D eigenvalue weighted by Crippen LogP contribution is 2.16. The number of carboxylic acid groups (broad SMARTS) is 2. The van der Waals surface area contributed by atoms with Crippen LogP contribution < -0.4 is 0 Å². The standard InChI is InChI=1S/C14H28N2O4/c1-5-11(2)13(14(19)20)16(10-7-12(17)18)9-6-8-15(3)4/h11,13H,5-10H2,1-4H3,(H,17,18)(H,19,20). The van der Waals surface area contributed by atoms with Crippen LogP contribution in [0, 0.1) is 5.92 Å². The van der Waals surface area contributed by atoms with Crippen LogP contribution in [0.5, 0.6) is 0 Å². The van der Waals surface area contributed by atoms with Crippen molar-refractivity contribution in [2.45, 2.75) is 39.2 Å². The summed E-state index contributed by atoms with van der Waals surface area (Å²) in [6, 6.07) is -0.610. The summed E-state index contributed by atoms with van der Waals surface area (Å²) in [6.07, 6.45) is 1.56. The Morgan fingerprint density at radius 3 is 2.10 bits per heavy atom. The average Bonchev–Trinajstić information content (AvgIpc) is 2.34. The van der Waals surface area contributed by atoms with Gasteiger partial charge in [0.1, 0.15) is 6.04 Å². The van der Waals surface area contributed by atoms with Gasteiger partial charge in [0.15, 0.2) is 0 Å². The van der Waals surface area contributed by atoms with Crippen LogP contribution >= 0.6 is 0 Å². The molecule has 0 aromatic carbocycles. The van der Waals surface area contributed by atoms with Gasteiger partial charge in [-0.15, -0.1) is 0 Å². The van der Waals surface area contributed by atoms with Crippen molar-refractivity contribution < 1.29 is 19.8 Å². The van der Waals surface area contributed by atoms with Crippen molar-refractivity contribution in [1.82, 2.24) is 9.80 Å². The molecule has 0 bridgehead atoms. The van der Waals surface area contributed by atoms with Crippen molar-refractivity contribution in [3.8, 4) is 0 Å². The molecule has 0 radical (unpaired) electrons. The Morgan fingerprint density at radius 1 is 1.10 bits per heavy atom. The zero-order chi connectivity index (χ0) is 15.7. The van der Waals surface area contributed by atoms with Gasteiger partial charge in [-0.1, -0.05) is 20.3 Å². The molecule has 0 aliphatic rings. The number of hydrogen-bond donors (Lipinski definition) is 2. The lowest BCUT2D eigenvalue weighted by Crippen LogP contribution is -2.47. The molecule has 0 heterocycles. The zero-order valence-electron chi connectivity index (χ0n) is 13.0. The predicted molar refractivity (Wildman–Crippen MR) is 77.9 cm³/mol. The summed E-state index contributed by atoms with van der Waals surface area (Å²) in [5, 5.41) is 18.2. The van der Waals surface area contributed by atoms with E-state index in [-0.39, 0.29) is 18.9 Å². The van der Waals surface area contributed by atoms with Crippen LogP contribution in [-0.2, 0) is 9.59 Å². The zero-order valence-corrected chi connectivity index (χ0v) is 13.0. The van der Waals surface area contributed by atoms with Gasteiger partial charge in [-0.2, -0.15) is 0 Å². The SMILES string of the molecule is CCC(C)C(C(=O)O)N(CCCN(C)C)CCC(=O)O. The van der Waals surface area contributed by atoms with E-state index >= 15 is 0 Å². The van der Waals surface area contributed by atoms with E-state index < -0.39 is 18.0 Å². The largest absolute Gasteiger partial charge is 0.481 e. The molecule has 20 heavy (non-hydrogen) atoms. The van der Waals surface area contributed by atoms with Gasteiger partial charge in [-0.3, -0.25) is 14.5 Å². The molecule has 2 unspecified atom stereocenters. The van der Waals surface area contributed by atoms with Gasteiger partial charge in [-0.25, -0.2) is 0 Å². The van der Waals surface area contributed by atoms with Gasteiger partial charge in [0.05, 0.1) is 6.42 Å². The Balaban J connectivity index is 4.75. The first-order valence-corrected chi connectivity index (χ1v) is 7.13. The second-order valence-electron chi connectivity index (χ2n) is 5.51. The molecule has 0 spiro atoms. The lowest BCUT2D eigenvalue weighted by molar-refractivity contribution is -0.147. The molecule has 0 saturated heterocycles. The summed E-state index contributed by atoms with van der Waals surface area (Å²) in [6.45, 7) is 5.60. The van der Waals surface area contributed by atoms with E-state index in [0.717, 1.165) is 19.4 Å². The molecule has 6 heteroatoms. The maximum Gasteiger partial charge on any atom is 0.321 e. The first-order chi connectivity index (χ1) is 9.29. The topological polar surface area (TPSA) is 81.1 Å². The van der Waals surface area contributed by atoms with Gasteiger partial charge >= 0.3 is 11.9 Å². The maximum atomic E-state index is 11.5. The van der Waals surface area contributed by atoms with Crippen LogP contribution in [-0.4, -0.2) is 71.7 Å². The molecular weight excluding hydrogens is 260 g/mol. The summed E-state index contributed by atoms with van der Waals surface area (Å²) >= 11 is 0. The van der Waals surface area contributed by atoms with E-state index in [1.54, 1.807) is 4.90 Å². The van der Waals surface area contributed by atoms with Crippen LogP contribution in [0.15, 0.2) is 0 Å². The molecule has 0 aliphatic carbocycles. The van der Waals surface area contributed by atoms with Crippen molar-refractivity contribution in [1.29, 1.82) is 0 Å². The van der Waals surface area contributed by atoms with Crippen molar-refractivity contribution in [3.63, 3.8) is 0 Å². The number of hydrogen-bond acceptors (Lipinski definition) is 4. The van der Waals surface area contributed by atoms with E-state index in [0.29, 0.717) is 6.54 Å². The third-order valence-electron chi connectivity index (χ3n) is 3.49. The quantitative estimate of drug-likeness (QED) is 0.595. The van der Waals surface area contributed by atoms with E-state index in [1.807, 2.05) is 32.8 Å². The first kappa shape index (κ1) is 18.9. The molecule has 0 saturated carbocycles.